The van der Waals surface area contributed by atoms with Gasteiger partial charge in [-0.2, -0.15) is 0 Å². The van der Waals surface area contributed by atoms with Crippen LogP contribution in [-0.4, -0.2) is 15.5 Å². The first-order chi connectivity index (χ1) is 5.59. The van der Waals surface area contributed by atoms with Crippen LogP contribution in [0.4, 0.5) is 8.78 Å². The number of imidazole rings is 1. The number of hydrogen-bond donors (Lipinski definition) is 1. The predicted molar refractivity (Wildman–Crippen MR) is 38.1 cm³/mol. The molecule has 0 saturated heterocycles. The smallest absolute Gasteiger partial charge is 0.313 e. The van der Waals surface area contributed by atoms with Gasteiger partial charge in [0.25, 0.3) is 5.92 Å². The molecule has 0 amide bonds. The van der Waals surface area contributed by atoms with Crippen LogP contribution in [0.25, 0.3) is 0 Å². The molecule has 0 aromatic carbocycles. The molecule has 66 valence electrons. The molecule has 0 radical (unpaired) electrons. The molecular weight excluding hydrogens is 166 g/mol. The van der Waals surface area contributed by atoms with Gasteiger partial charge in [0.1, 0.15) is 0 Å². The van der Waals surface area contributed by atoms with Gasteiger partial charge in [0.2, 0.25) is 0 Å². The first-order valence-corrected chi connectivity index (χ1v) is 3.71. The van der Waals surface area contributed by atoms with E-state index in [2.05, 4.69) is 4.98 Å². The fourth-order valence-electron chi connectivity index (χ4n) is 1.20. The topological polar surface area (TPSA) is 37.8 Å². The van der Waals surface area contributed by atoms with Crippen LogP contribution in [0.1, 0.15) is 6.42 Å². The molecule has 12 heavy (non-hydrogen) atoms. The maximum atomic E-state index is 12.4. The van der Waals surface area contributed by atoms with Crippen molar-refractivity contribution in [3.8, 4) is 0 Å². The number of nitrogens with one attached hydrogen (secondary N) is 1. The van der Waals surface area contributed by atoms with Gasteiger partial charge in [-0.25, -0.2) is 13.6 Å². The zero-order chi connectivity index (χ0) is 8.77. The highest BCUT2D eigenvalue weighted by Crippen LogP contribution is 2.49. The van der Waals surface area contributed by atoms with Crippen LogP contribution in [0, 0.1) is 5.92 Å². The monoisotopic (exact) mass is 174 g/mol. The summed E-state index contributed by atoms with van der Waals surface area (Å²) in [7, 11) is 0. The van der Waals surface area contributed by atoms with Gasteiger partial charge in [0.15, 0.2) is 0 Å². The molecule has 1 atom stereocenters. The average molecular weight is 174 g/mol. The quantitative estimate of drug-likeness (QED) is 0.708. The van der Waals surface area contributed by atoms with Gasteiger partial charge in [-0.1, -0.05) is 0 Å². The van der Waals surface area contributed by atoms with Crippen LogP contribution >= 0.6 is 0 Å². The van der Waals surface area contributed by atoms with E-state index in [0.717, 1.165) is 0 Å². The molecule has 5 heteroatoms. The van der Waals surface area contributed by atoms with Gasteiger partial charge in [-0.3, -0.25) is 4.57 Å². The summed E-state index contributed by atoms with van der Waals surface area (Å²) >= 11 is 0. The maximum absolute atomic E-state index is 12.4. The van der Waals surface area contributed by atoms with Gasteiger partial charge in [-0.05, 0) is 0 Å². The highest BCUT2D eigenvalue weighted by atomic mass is 19.3. The van der Waals surface area contributed by atoms with Gasteiger partial charge in [-0.15, -0.1) is 0 Å². The second kappa shape index (κ2) is 2.18. The fraction of sp³-hybridized carbons (Fsp3) is 0.571. The third-order valence-electron chi connectivity index (χ3n) is 2.09. The number of H-pyrrole nitrogens is 1. The zero-order valence-corrected chi connectivity index (χ0v) is 6.26. The number of aromatic nitrogens is 2. The van der Waals surface area contributed by atoms with Crippen molar-refractivity contribution in [3.05, 3.63) is 22.9 Å². The van der Waals surface area contributed by atoms with Gasteiger partial charge >= 0.3 is 5.69 Å². The number of nitrogens with zero attached hydrogens (tertiary/aromatic N) is 1. The lowest BCUT2D eigenvalue weighted by Gasteiger charge is -1.97. The van der Waals surface area contributed by atoms with E-state index >= 15 is 0 Å². The Morgan fingerprint density at radius 2 is 2.42 bits per heavy atom. The van der Waals surface area contributed by atoms with Crippen LogP contribution < -0.4 is 5.69 Å². The molecule has 1 unspecified atom stereocenters. The number of alkyl halides is 2. The van der Waals surface area contributed by atoms with Crippen molar-refractivity contribution in [1.29, 1.82) is 0 Å². The van der Waals surface area contributed by atoms with Gasteiger partial charge in [0.05, 0.1) is 0 Å². The van der Waals surface area contributed by atoms with Gasteiger partial charge < -0.3 is 4.98 Å². The number of aromatic amines is 1. The first kappa shape index (κ1) is 7.52. The minimum atomic E-state index is -2.54. The Balaban J connectivity index is 2.07. The lowest BCUT2D eigenvalue weighted by atomic mass is 10.4. The van der Waals surface area contributed by atoms with E-state index in [-0.39, 0.29) is 18.7 Å². The van der Waals surface area contributed by atoms with E-state index in [9.17, 15) is 13.6 Å². The van der Waals surface area contributed by atoms with Crippen LogP contribution in [0.5, 0.6) is 0 Å². The SMILES string of the molecule is O=c1[nH]ccn1CC1CC1(F)F. The van der Waals surface area contributed by atoms with Crippen LogP contribution in [0.15, 0.2) is 17.2 Å². The average Bonchev–Trinajstić information content (AvgIpc) is 2.39. The van der Waals surface area contributed by atoms with E-state index in [1.807, 2.05) is 0 Å². The highest BCUT2D eigenvalue weighted by molar-refractivity contribution is 4.95. The van der Waals surface area contributed by atoms with Crippen molar-refractivity contribution in [1.82, 2.24) is 9.55 Å². The number of hydrogen-bond acceptors (Lipinski definition) is 1. The zero-order valence-electron chi connectivity index (χ0n) is 6.26. The summed E-state index contributed by atoms with van der Waals surface area (Å²) in [5.41, 5.74) is -0.322. The molecule has 0 bridgehead atoms. The molecular formula is C7H8F2N2O. The Morgan fingerprint density at radius 1 is 1.75 bits per heavy atom. The predicted octanol–water partition coefficient (Wildman–Crippen LogP) is 0.832. The summed E-state index contributed by atoms with van der Waals surface area (Å²) in [6.45, 7) is 0.120. The number of rotatable bonds is 2. The van der Waals surface area contributed by atoms with Crippen LogP contribution in [-0.2, 0) is 6.54 Å². The maximum Gasteiger partial charge on any atom is 0.325 e. The summed E-state index contributed by atoms with van der Waals surface area (Å²) in [6.07, 6.45) is 2.84. The second-order valence-electron chi connectivity index (χ2n) is 3.08. The number of halogens is 2. The molecule has 1 N–H and O–H groups in total. The van der Waals surface area contributed by atoms with E-state index in [4.69, 9.17) is 0 Å². The summed E-state index contributed by atoms with van der Waals surface area (Å²) in [5.74, 6) is -3.19. The third kappa shape index (κ3) is 1.15. The van der Waals surface area contributed by atoms with Gasteiger partial charge in [0, 0.05) is 31.3 Å². The molecule has 1 aromatic rings. The standard InChI is InChI=1S/C7H8F2N2O/c8-7(9)3-5(7)4-11-2-1-10-6(11)12/h1-2,5H,3-4H2,(H,10,12). The molecule has 1 fully saturated rings. The largest absolute Gasteiger partial charge is 0.325 e. The van der Waals surface area contributed by atoms with Crippen molar-refractivity contribution >= 4 is 0 Å². The van der Waals surface area contributed by atoms with E-state index in [1.165, 1.54) is 17.0 Å². The summed E-state index contributed by atoms with van der Waals surface area (Å²) in [5, 5.41) is 0. The Morgan fingerprint density at radius 3 is 2.83 bits per heavy atom. The summed E-state index contributed by atoms with van der Waals surface area (Å²) in [6, 6.07) is 0. The lowest BCUT2D eigenvalue weighted by molar-refractivity contribution is 0.0949. The van der Waals surface area contributed by atoms with Crippen molar-refractivity contribution in [2.45, 2.75) is 18.9 Å². The minimum Gasteiger partial charge on any atom is -0.313 e. The molecule has 1 saturated carbocycles. The molecule has 1 aliphatic carbocycles. The molecule has 0 aliphatic heterocycles. The molecule has 1 aliphatic rings. The van der Waals surface area contributed by atoms with E-state index in [0.29, 0.717) is 0 Å². The molecule has 3 nitrogen and oxygen atoms in total. The minimum absolute atomic E-state index is 0.0926. The molecule has 1 heterocycles. The third-order valence-corrected chi connectivity index (χ3v) is 2.09. The first-order valence-electron chi connectivity index (χ1n) is 3.71. The van der Waals surface area contributed by atoms with Crippen molar-refractivity contribution in [3.63, 3.8) is 0 Å². The normalized spacial score (nSPS) is 25.7. The fourth-order valence-corrected chi connectivity index (χ4v) is 1.20. The Labute approximate surface area is 67.0 Å². The van der Waals surface area contributed by atoms with Crippen LogP contribution in [0.3, 0.4) is 0 Å². The Kier molecular flexibility index (Phi) is 1.37. The van der Waals surface area contributed by atoms with Crippen LogP contribution in [0.2, 0.25) is 0 Å². The van der Waals surface area contributed by atoms with Crippen molar-refractivity contribution in [2.24, 2.45) is 5.92 Å². The molecule has 1 aromatic heterocycles. The Hall–Kier alpha value is -1.13. The Bertz CT molecular complexity index is 341. The molecule has 0 spiro atoms. The second-order valence-corrected chi connectivity index (χ2v) is 3.08. The highest BCUT2D eigenvalue weighted by Gasteiger charge is 2.56. The van der Waals surface area contributed by atoms with Crippen molar-refractivity contribution < 1.29 is 8.78 Å². The van der Waals surface area contributed by atoms with E-state index in [1.54, 1.807) is 0 Å². The summed E-state index contributed by atoms with van der Waals surface area (Å²) < 4.78 is 26.1. The lowest BCUT2D eigenvalue weighted by Crippen LogP contribution is -2.18. The van der Waals surface area contributed by atoms with Crippen molar-refractivity contribution in [2.75, 3.05) is 0 Å². The molecule has 2 rings (SSSR count). The summed E-state index contributed by atoms with van der Waals surface area (Å²) in [4.78, 5) is 13.2. The van der Waals surface area contributed by atoms with E-state index < -0.39 is 11.8 Å².